The maximum Gasteiger partial charge on any atom is 0.268 e. The van der Waals surface area contributed by atoms with Gasteiger partial charge < -0.3 is 14.4 Å². The van der Waals surface area contributed by atoms with Crippen molar-refractivity contribution in [2.75, 3.05) is 18.1 Å². The van der Waals surface area contributed by atoms with Crippen LogP contribution in [0.1, 0.15) is 61.4 Å². The lowest BCUT2D eigenvalue weighted by Gasteiger charge is -2.18. The summed E-state index contributed by atoms with van der Waals surface area (Å²) in [5.41, 5.74) is 1.25. The Kier molecular flexibility index (Phi) is 6.49. The van der Waals surface area contributed by atoms with E-state index in [1.54, 1.807) is 24.4 Å². The number of aromatic nitrogens is 1. The summed E-state index contributed by atoms with van der Waals surface area (Å²) < 4.78 is 25.8. The summed E-state index contributed by atoms with van der Waals surface area (Å²) in [6, 6.07) is 6.43. The highest BCUT2D eigenvalue weighted by molar-refractivity contribution is 6.04. The fraction of sp³-hybridized carbons (Fsp3) is 0.458. The molecule has 4 rings (SSSR count). The van der Waals surface area contributed by atoms with Crippen LogP contribution in [0, 0.1) is 5.82 Å². The molecule has 0 N–H and O–H groups in total. The molecule has 31 heavy (non-hydrogen) atoms. The summed E-state index contributed by atoms with van der Waals surface area (Å²) in [5, 5.41) is 0. The Labute approximate surface area is 181 Å². The minimum atomic E-state index is -0.672. The van der Waals surface area contributed by atoms with Crippen molar-refractivity contribution in [3.8, 4) is 11.6 Å². The normalized spacial score (nSPS) is 17.9. The summed E-state index contributed by atoms with van der Waals surface area (Å²) in [6.45, 7) is 3.20. The minimum absolute atomic E-state index is 0.0751. The first-order chi connectivity index (χ1) is 15.1. The molecule has 1 aliphatic carbocycles. The first-order valence-corrected chi connectivity index (χ1v) is 11.0. The van der Waals surface area contributed by atoms with Crippen molar-refractivity contribution >= 4 is 17.4 Å². The van der Waals surface area contributed by atoms with Crippen molar-refractivity contribution in [2.24, 2.45) is 0 Å². The third kappa shape index (κ3) is 4.70. The van der Waals surface area contributed by atoms with Crippen LogP contribution in [0.2, 0.25) is 0 Å². The second-order valence-electron chi connectivity index (χ2n) is 8.00. The third-order valence-corrected chi connectivity index (χ3v) is 5.79. The van der Waals surface area contributed by atoms with E-state index in [-0.39, 0.29) is 11.7 Å². The number of ether oxygens (including phenoxy) is 2. The van der Waals surface area contributed by atoms with E-state index in [2.05, 4.69) is 11.9 Å². The lowest BCUT2D eigenvalue weighted by molar-refractivity contribution is -0.122. The highest BCUT2D eigenvalue weighted by Crippen LogP contribution is 2.32. The lowest BCUT2D eigenvalue weighted by atomic mass is 10.1. The van der Waals surface area contributed by atoms with Crippen LogP contribution in [0.25, 0.3) is 0 Å². The zero-order valence-corrected chi connectivity index (χ0v) is 17.7. The van der Waals surface area contributed by atoms with Gasteiger partial charge in [-0.25, -0.2) is 9.37 Å². The van der Waals surface area contributed by atoms with Crippen molar-refractivity contribution in [2.45, 2.75) is 58.0 Å². The quantitative estimate of drug-likeness (QED) is 0.553. The number of fused-ring (bicyclic) bond motifs is 1. The Morgan fingerprint density at radius 1 is 1.16 bits per heavy atom. The molecule has 0 radical (unpaired) electrons. The van der Waals surface area contributed by atoms with Gasteiger partial charge in [0.1, 0.15) is 11.6 Å². The number of anilines is 1. The highest BCUT2D eigenvalue weighted by Gasteiger charge is 2.36. The molecule has 1 saturated heterocycles. The molecule has 1 atom stereocenters. The molecule has 0 saturated carbocycles. The Morgan fingerprint density at radius 3 is 2.81 bits per heavy atom. The van der Waals surface area contributed by atoms with Crippen molar-refractivity contribution in [1.29, 1.82) is 0 Å². The number of rotatable bonds is 9. The molecule has 2 heterocycles. The van der Waals surface area contributed by atoms with Gasteiger partial charge in [0.05, 0.1) is 12.8 Å². The maximum atomic E-state index is 14.4. The fourth-order valence-electron chi connectivity index (χ4n) is 4.07. The molecule has 2 aliphatic rings. The third-order valence-electron chi connectivity index (χ3n) is 5.79. The van der Waals surface area contributed by atoms with Gasteiger partial charge in [-0.05, 0) is 36.6 Å². The molecular weight excluding hydrogens is 399 g/mol. The Morgan fingerprint density at radius 2 is 2.03 bits per heavy atom. The molecule has 2 aromatic rings. The van der Waals surface area contributed by atoms with E-state index in [4.69, 9.17) is 9.47 Å². The largest absolute Gasteiger partial charge is 0.479 e. The number of halogens is 1. The van der Waals surface area contributed by atoms with Gasteiger partial charge in [-0.2, -0.15) is 0 Å². The molecule has 0 spiro atoms. The number of amides is 1. The van der Waals surface area contributed by atoms with Crippen molar-refractivity contribution in [3.05, 3.63) is 47.4 Å². The molecule has 1 amide bonds. The zero-order valence-electron chi connectivity index (χ0n) is 17.7. The van der Waals surface area contributed by atoms with Crippen LogP contribution >= 0.6 is 0 Å². The number of benzene rings is 1. The fourth-order valence-corrected chi connectivity index (χ4v) is 4.07. The average Bonchev–Trinajstić information content (AvgIpc) is 3.32. The van der Waals surface area contributed by atoms with Crippen molar-refractivity contribution in [1.82, 2.24) is 4.98 Å². The van der Waals surface area contributed by atoms with Crippen LogP contribution in [0.4, 0.5) is 10.1 Å². The minimum Gasteiger partial charge on any atom is -0.479 e. The van der Waals surface area contributed by atoms with Crippen LogP contribution in [-0.2, 0) is 11.2 Å². The number of carbonyl (C=O) groups excluding carboxylic acids is 2. The van der Waals surface area contributed by atoms with Gasteiger partial charge >= 0.3 is 0 Å². The molecule has 1 aromatic heterocycles. The number of hydrogen-bond donors (Lipinski definition) is 0. The molecule has 6 nitrogen and oxygen atoms in total. The smallest absolute Gasteiger partial charge is 0.268 e. The van der Waals surface area contributed by atoms with Gasteiger partial charge in [-0.15, -0.1) is 0 Å². The Hall–Kier alpha value is -2.96. The second kappa shape index (κ2) is 9.45. The summed E-state index contributed by atoms with van der Waals surface area (Å²) in [7, 11) is 0. The van der Waals surface area contributed by atoms with E-state index in [1.165, 1.54) is 23.8 Å². The summed E-state index contributed by atoms with van der Waals surface area (Å²) in [4.78, 5) is 30.6. The first kappa shape index (κ1) is 21.3. The van der Waals surface area contributed by atoms with Crippen LogP contribution in [0.3, 0.4) is 0 Å². The van der Waals surface area contributed by atoms with Crippen molar-refractivity contribution in [3.63, 3.8) is 0 Å². The number of ketones is 1. The molecule has 164 valence electrons. The highest BCUT2D eigenvalue weighted by atomic mass is 19.1. The molecule has 1 fully saturated rings. The summed E-state index contributed by atoms with van der Waals surface area (Å²) in [5.74, 6) is 0.260. The molecule has 1 aliphatic heterocycles. The molecular formula is C24H27FN2O4. The monoisotopic (exact) mass is 426 g/mol. The van der Waals surface area contributed by atoms with Gasteiger partial charge in [0.15, 0.2) is 11.9 Å². The molecule has 0 bridgehead atoms. The van der Waals surface area contributed by atoms with Crippen LogP contribution in [0.15, 0.2) is 30.5 Å². The number of pyridine rings is 1. The van der Waals surface area contributed by atoms with Gasteiger partial charge in [-0.3, -0.25) is 9.59 Å². The van der Waals surface area contributed by atoms with E-state index in [1.807, 2.05) is 0 Å². The SMILES string of the molecule is CCCCCCOc1ccc(OC2CCN(c3cc(F)c4c(c3)C(=O)CC4)C2=O)cn1. The lowest BCUT2D eigenvalue weighted by Crippen LogP contribution is -2.32. The topological polar surface area (TPSA) is 68.7 Å². The number of unbranched alkanes of at least 4 members (excludes halogenated alkanes) is 3. The van der Waals surface area contributed by atoms with Crippen LogP contribution in [-0.4, -0.2) is 35.9 Å². The van der Waals surface area contributed by atoms with E-state index < -0.39 is 11.9 Å². The standard InChI is InChI=1S/C24H27FN2O4/c1-2-3-4-5-12-30-23-9-6-17(15-26-23)31-22-10-11-27(24(22)29)16-13-19-18(20(25)14-16)7-8-21(19)28/h6,9,13-15,22H,2-5,7-8,10-12H2,1H3. The van der Waals surface area contributed by atoms with Crippen LogP contribution < -0.4 is 14.4 Å². The molecule has 1 unspecified atom stereocenters. The predicted octanol–water partition coefficient (Wildman–Crippen LogP) is 4.49. The average molecular weight is 426 g/mol. The maximum absolute atomic E-state index is 14.4. The number of hydrogen-bond acceptors (Lipinski definition) is 5. The van der Waals surface area contributed by atoms with Crippen molar-refractivity contribution < 1.29 is 23.5 Å². The second-order valence-corrected chi connectivity index (χ2v) is 8.00. The number of nitrogens with zero attached hydrogens (tertiary/aromatic N) is 2. The van der Waals surface area contributed by atoms with Gasteiger partial charge in [0.2, 0.25) is 5.88 Å². The van der Waals surface area contributed by atoms with E-state index in [0.29, 0.717) is 60.9 Å². The Bertz CT molecular complexity index is 961. The van der Waals surface area contributed by atoms with E-state index in [9.17, 15) is 14.0 Å². The van der Waals surface area contributed by atoms with Gasteiger partial charge in [-0.1, -0.05) is 26.2 Å². The first-order valence-electron chi connectivity index (χ1n) is 11.0. The summed E-state index contributed by atoms with van der Waals surface area (Å²) in [6.07, 6.45) is 6.61. The molecule has 7 heteroatoms. The van der Waals surface area contributed by atoms with E-state index in [0.717, 1.165) is 12.8 Å². The van der Waals surface area contributed by atoms with Crippen LogP contribution in [0.5, 0.6) is 11.6 Å². The number of Topliss-reactive ketones (excluding diaryl/α,β-unsaturated/α-hetero) is 1. The number of carbonyl (C=O) groups is 2. The summed E-state index contributed by atoms with van der Waals surface area (Å²) >= 11 is 0. The van der Waals surface area contributed by atoms with E-state index >= 15 is 0 Å². The zero-order chi connectivity index (χ0) is 21.8. The Balaban J connectivity index is 1.35. The van der Waals surface area contributed by atoms with Gasteiger partial charge in [0.25, 0.3) is 5.91 Å². The molecule has 1 aromatic carbocycles. The predicted molar refractivity (Wildman–Crippen MR) is 114 cm³/mol. The van der Waals surface area contributed by atoms with Gasteiger partial charge in [0, 0.05) is 36.7 Å².